The highest BCUT2D eigenvalue weighted by Gasteiger charge is 2.11. The van der Waals surface area contributed by atoms with Gasteiger partial charge in [0.1, 0.15) is 5.69 Å². The second-order valence-corrected chi connectivity index (χ2v) is 4.94. The Hall–Kier alpha value is -2.21. The molecule has 0 saturated heterocycles. The van der Waals surface area contributed by atoms with E-state index in [1.807, 2.05) is 13.8 Å². The summed E-state index contributed by atoms with van der Waals surface area (Å²) < 4.78 is 0. The molecule has 2 rings (SSSR count). The molecule has 0 atom stereocenters. The Morgan fingerprint density at radius 1 is 1.30 bits per heavy atom. The quantitative estimate of drug-likeness (QED) is 0.908. The minimum atomic E-state index is -0.250. The summed E-state index contributed by atoms with van der Waals surface area (Å²) in [5, 5.41) is 7.21. The maximum absolute atomic E-state index is 11.9. The van der Waals surface area contributed by atoms with E-state index in [1.54, 1.807) is 29.1 Å². The first-order chi connectivity index (χ1) is 9.61. The van der Waals surface area contributed by atoms with Crippen LogP contribution in [0.1, 0.15) is 33.3 Å². The highest BCUT2D eigenvalue weighted by molar-refractivity contribution is 7.07. The van der Waals surface area contributed by atoms with E-state index in [2.05, 4.69) is 15.6 Å². The van der Waals surface area contributed by atoms with Crippen LogP contribution in [0.4, 0.5) is 5.69 Å². The van der Waals surface area contributed by atoms with E-state index in [1.165, 1.54) is 11.3 Å². The van der Waals surface area contributed by atoms with E-state index in [-0.39, 0.29) is 11.8 Å². The molecule has 0 saturated carbocycles. The van der Waals surface area contributed by atoms with Gasteiger partial charge in [-0.25, -0.2) is 4.98 Å². The first-order valence-corrected chi connectivity index (χ1v) is 7.14. The number of carbonyl (C=O) groups excluding carboxylic acids is 2. The van der Waals surface area contributed by atoms with Crippen LogP contribution < -0.4 is 10.6 Å². The fourth-order valence-electron chi connectivity index (χ4n) is 1.72. The molecule has 1 heterocycles. The predicted octanol–water partition coefficient (Wildman–Crippen LogP) is 2.45. The number of nitrogens with zero attached hydrogens (tertiary/aromatic N) is 1. The van der Waals surface area contributed by atoms with Crippen molar-refractivity contribution in [3.8, 4) is 0 Å². The average molecular weight is 289 g/mol. The lowest BCUT2D eigenvalue weighted by molar-refractivity contribution is 0.0955. The minimum Gasteiger partial charge on any atom is -0.352 e. The Balaban J connectivity index is 2.14. The number of anilines is 1. The lowest BCUT2D eigenvalue weighted by Gasteiger charge is -2.09. The number of hydrogen-bond donors (Lipinski definition) is 2. The number of amides is 2. The molecule has 1 aromatic heterocycles. The number of benzene rings is 1. The van der Waals surface area contributed by atoms with Crippen molar-refractivity contribution in [2.24, 2.45) is 0 Å². The van der Waals surface area contributed by atoms with Crippen LogP contribution in [0.25, 0.3) is 0 Å². The Bertz CT molecular complexity index is 623. The normalized spacial score (nSPS) is 10.1. The summed E-state index contributed by atoms with van der Waals surface area (Å²) in [6.45, 7) is 4.30. The third kappa shape index (κ3) is 3.21. The smallest absolute Gasteiger partial charge is 0.275 e. The van der Waals surface area contributed by atoms with Gasteiger partial charge in [-0.05, 0) is 37.6 Å². The maximum atomic E-state index is 11.9. The van der Waals surface area contributed by atoms with Crippen molar-refractivity contribution in [2.45, 2.75) is 13.8 Å². The molecule has 0 radical (unpaired) electrons. The molecular formula is C14H15N3O2S. The van der Waals surface area contributed by atoms with Crippen molar-refractivity contribution in [3.05, 3.63) is 45.9 Å². The van der Waals surface area contributed by atoms with Gasteiger partial charge in [-0.1, -0.05) is 0 Å². The maximum Gasteiger partial charge on any atom is 0.275 e. The van der Waals surface area contributed by atoms with Gasteiger partial charge >= 0.3 is 0 Å². The highest BCUT2D eigenvalue weighted by atomic mass is 32.1. The molecule has 1 aromatic carbocycles. The molecule has 6 heteroatoms. The third-order valence-corrected chi connectivity index (χ3v) is 3.33. The average Bonchev–Trinajstić information content (AvgIpc) is 2.95. The lowest BCUT2D eigenvalue weighted by Crippen LogP contribution is -2.22. The van der Waals surface area contributed by atoms with E-state index in [0.29, 0.717) is 23.5 Å². The van der Waals surface area contributed by atoms with Gasteiger partial charge in [-0.15, -0.1) is 11.3 Å². The molecule has 2 amide bonds. The van der Waals surface area contributed by atoms with Crippen molar-refractivity contribution in [1.82, 2.24) is 10.3 Å². The molecule has 20 heavy (non-hydrogen) atoms. The number of aromatic nitrogens is 1. The number of nitrogens with one attached hydrogen (secondary N) is 2. The topological polar surface area (TPSA) is 71.1 Å². The number of aryl methyl sites for hydroxylation is 1. The van der Waals surface area contributed by atoms with E-state index < -0.39 is 0 Å². The summed E-state index contributed by atoms with van der Waals surface area (Å²) in [5.74, 6) is -0.368. The number of hydrogen-bond acceptors (Lipinski definition) is 4. The predicted molar refractivity (Wildman–Crippen MR) is 79.3 cm³/mol. The van der Waals surface area contributed by atoms with Gasteiger partial charge in [-0.2, -0.15) is 0 Å². The molecule has 0 unspecified atom stereocenters. The fraction of sp³-hybridized carbons (Fsp3) is 0.214. The summed E-state index contributed by atoms with van der Waals surface area (Å²) in [5.41, 5.74) is 4.09. The van der Waals surface area contributed by atoms with Crippen molar-refractivity contribution in [1.29, 1.82) is 0 Å². The summed E-state index contributed by atoms with van der Waals surface area (Å²) >= 11 is 1.37. The van der Waals surface area contributed by atoms with Gasteiger partial charge in [0, 0.05) is 23.2 Å². The molecule has 104 valence electrons. The first-order valence-electron chi connectivity index (χ1n) is 6.20. The van der Waals surface area contributed by atoms with E-state index in [4.69, 9.17) is 0 Å². The molecule has 0 spiro atoms. The monoisotopic (exact) mass is 289 g/mol. The van der Waals surface area contributed by atoms with Crippen LogP contribution in [0.3, 0.4) is 0 Å². The van der Waals surface area contributed by atoms with Crippen molar-refractivity contribution in [3.63, 3.8) is 0 Å². The van der Waals surface area contributed by atoms with Gasteiger partial charge in [0.2, 0.25) is 0 Å². The Morgan fingerprint density at radius 3 is 2.70 bits per heavy atom. The molecule has 0 fully saturated rings. The van der Waals surface area contributed by atoms with E-state index in [9.17, 15) is 9.59 Å². The molecule has 0 aliphatic heterocycles. The zero-order valence-electron chi connectivity index (χ0n) is 11.3. The summed E-state index contributed by atoms with van der Waals surface area (Å²) in [6, 6.07) is 5.17. The second kappa shape index (κ2) is 6.29. The highest BCUT2D eigenvalue weighted by Crippen LogP contribution is 2.17. The largest absolute Gasteiger partial charge is 0.352 e. The number of carbonyl (C=O) groups is 2. The second-order valence-electron chi connectivity index (χ2n) is 4.22. The number of rotatable bonds is 4. The van der Waals surface area contributed by atoms with Crippen LogP contribution >= 0.6 is 11.3 Å². The molecule has 5 nitrogen and oxygen atoms in total. The Kier molecular flexibility index (Phi) is 4.47. The van der Waals surface area contributed by atoms with Crippen LogP contribution in [0.2, 0.25) is 0 Å². The van der Waals surface area contributed by atoms with Crippen LogP contribution in [0, 0.1) is 6.92 Å². The van der Waals surface area contributed by atoms with Gasteiger partial charge < -0.3 is 10.6 Å². The van der Waals surface area contributed by atoms with Gasteiger partial charge in [0.05, 0.1) is 5.51 Å². The minimum absolute atomic E-state index is 0.118. The lowest BCUT2D eigenvalue weighted by atomic mass is 10.1. The summed E-state index contributed by atoms with van der Waals surface area (Å²) in [7, 11) is 0. The third-order valence-electron chi connectivity index (χ3n) is 2.74. The van der Waals surface area contributed by atoms with Gasteiger partial charge in [-0.3, -0.25) is 9.59 Å². The zero-order valence-corrected chi connectivity index (χ0v) is 12.1. The molecule has 0 bridgehead atoms. The first kappa shape index (κ1) is 14.2. The standard InChI is InChI=1S/C14H15N3O2S/c1-3-15-13(18)10-4-5-11(9(2)6-10)17-14(19)12-7-20-8-16-12/h4-8H,3H2,1-2H3,(H,15,18)(H,17,19). The molecule has 2 N–H and O–H groups in total. The molecule has 2 aromatic rings. The SMILES string of the molecule is CCNC(=O)c1ccc(NC(=O)c2cscn2)c(C)c1. The molecule has 0 aliphatic rings. The van der Waals surface area contributed by atoms with Crippen LogP contribution in [-0.2, 0) is 0 Å². The van der Waals surface area contributed by atoms with Crippen LogP contribution in [0.15, 0.2) is 29.1 Å². The number of thiazole rings is 1. The van der Waals surface area contributed by atoms with Gasteiger partial charge in [0.15, 0.2) is 0 Å². The van der Waals surface area contributed by atoms with Crippen LogP contribution in [0.5, 0.6) is 0 Å². The van der Waals surface area contributed by atoms with Crippen LogP contribution in [-0.4, -0.2) is 23.3 Å². The summed E-state index contributed by atoms with van der Waals surface area (Å²) in [6.07, 6.45) is 0. The van der Waals surface area contributed by atoms with Crippen molar-refractivity contribution in [2.75, 3.05) is 11.9 Å². The van der Waals surface area contributed by atoms with Crippen molar-refractivity contribution >= 4 is 28.8 Å². The van der Waals surface area contributed by atoms with E-state index >= 15 is 0 Å². The Labute approximate surface area is 121 Å². The zero-order chi connectivity index (χ0) is 14.5. The Morgan fingerprint density at radius 2 is 2.10 bits per heavy atom. The molecule has 0 aliphatic carbocycles. The summed E-state index contributed by atoms with van der Waals surface area (Å²) in [4.78, 5) is 27.6. The van der Waals surface area contributed by atoms with Crippen molar-refractivity contribution < 1.29 is 9.59 Å². The van der Waals surface area contributed by atoms with E-state index in [0.717, 1.165) is 5.56 Å². The van der Waals surface area contributed by atoms with Gasteiger partial charge in [0.25, 0.3) is 11.8 Å². The molecular weight excluding hydrogens is 274 g/mol. The fourth-order valence-corrected chi connectivity index (χ4v) is 2.25.